The second kappa shape index (κ2) is 8.92. The Balaban J connectivity index is 1.89. The van der Waals surface area contributed by atoms with Crippen molar-refractivity contribution >= 4 is 27.5 Å². The zero-order chi connectivity index (χ0) is 19.2. The summed E-state index contributed by atoms with van der Waals surface area (Å²) in [4.78, 5) is 31.4. The van der Waals surface area contributed by atoms with Gasteiger partial charge in [-0.15, -0.1) is 11.3 Å². The quantitative estimate of drug-likeness (QED) is 0.436. The molecule has 0 unspecified atom stereocenters. The lowest BCUT2D eigenvalue weighted by Gasteiger charge is -2.16. The van der Waals surface area contributed by atoms with Crippen LogP contribution >= 0.6 is 11.3 Å². The van der Waals surface area contributed by atoms with Gasteiger partial charge in [-0.05, 0) is 25.0 Å². The van der Waals surface area contributed by atoms with Crippen molar-refractivity contribution in [3.05, 3.63) is 53.1 Å². The van der Waals surface area contributed by atoms with Crippen LogP contribution in [0.1, 0.15) is 26.3 Å². The maximum atomic E-state index is 13.0. The van der Waals surface area contributed by atoms with E-state index >= 15 is 0 Å². The lowest BCUT2D eigenvalue weighted by Crippen LogP contribution is -2.31. The van der Waals surface area contributed by atoms with Crippen LogP contribution in [-0.2, 0) is 14.3 Å². The topological polar surface area (TPSA) is 70.4 Å². The Morgan fingerprint density at radius 2 is 2.00 bits per heavy atom. The molecule has 3 aromatic rings. The zero-order valence-corrected chi connectivity index (χ0v) is 16.2. The van der Waals surface area contributed by atoms with E-state index in [9.17, 15) is 9.59 Å². The number of nitrogens with zero attached hydrogens (tertiary/aromatic N) is 2. The first-order valence-corrected chi connectivity index (χ1v) is 9.77. The van der Waals surface area contributed by atoms with Gasteiger partial charge in [0.05, 0.1) is 18.3 Å². The second-order valence-corrected chi connectivity index (χ2v) is 6.97. The number of hydrogen-bond donors (Lipinski definition) is 0. The van der Waals surface area contributed by atoms with E-state index in [4.69, 9.17) is 9.47 Å². The van der Waals surface area contributed by atoms with Gasteiger partial charge in [0.15, 0.2) is 0 Å². The Hall–Kier alpha value is -2.51. The van der Waals surface area contributed by atoms with Crippen LogP contribution in [0.4, 0.5) is 0 Å². The van der Waals surface area contributed by atoms with E-state index in [0.29, 0.717) is 29.9 Å². The molecule has 0 N–H and O–H groups in total. The van der Waals surface area contributed by atoms with Gasteiger partial charge >= 0.3 is 5.97 Å². The van der Waals surface area contributed by atoms with Crippen molar-refractivity contribution in [2.24, 2.45) is 0 Å². The van der Waals surface area contributed by atoms with Crippen LogP contribution < -0.4 is 5.56 Å². The van der Waals surface area contributed by atoms with Crippen LogP contribution in [0.2, 0.25) is 0 Å². The predicted octanol–water partition coefficient (Wildman–Crippen LogP) is 3.66. The molecule has 142 valence electrons. The van der Waals surface area contributed by atoms with Crippen LogP contribution in [0.3, 0.4) is 0 Å². The summed E-state index contributed by atoms with van der Waals surface area (Å²) in [6.07, 6.45) is 1.88. The number of fused-ring (bicyclic) bond motifs is 1. The van der Waals surface area contributed by atoms with Gasteiger partial charge in [-0.2, -0.15) is 0 Å². The average Bonchev–Trinajstić information content (AvgIpc) is 3.13. The van der Waals surface area contributed by atoms with Gasteiger partial charge in [0.25, 0.3) is 5.56 Å². The minimum absolute atomic E-state index is 0.171. The molecule has 0 saturated carbocycles. The lowest BCUT2D eigenvalue weighted by atomic mass is 10.2. The van der Waals surface area contributed by atoms with E-state index in [0.717, 1.165) is 10.4 Å². The van der Waals surface area contributed by atoms with E-state index in [-0.39, 0.29) is 12.2 Å². The largest absolute Gasteiger partial charge is 0.462 e. The summed E-state index contributed by atoms with van der Waals surface area (Å²) in [6.45, 7) is 4.80. The SMILES string of the molecule is CCOCCOC(=O)[C@H](CC)n1cnc2sc(-c3ccccc3)cc2c1=O. The van der Waals surface area contributed by atoms with E-state index in [2.05, 4.69) is 4.98 Å². The molecular weight excluding hydrogens is 364 g/mol. The number of rotatable bonds is 8. The molecule has 0 spiro atoms. The number of hydrogen-bond acceptors (Lipinski definition) is 6. The van der Waals surface area contributed by atoms with Crippen molar-refractivity contribution in [2.45, 2.75) is 26.3 Å². The second-order valence-electron chi connectivity index (χ2n) is 5.94. The monoisotopic (exact) mass is 386 g/mol. The van der Waals surface area contributed by atoms with Gasteiger partial charge in [0.1, 0.15) is 17.5 Å². The Labute approximate surface area is 161 Å². The molecule has 0 radical (unpaired) electrons. The molecule has 0 fully saturated rings. The van der Waals surface area contributed by atoms with E-state index in [1.807, 2.05) is 50.2 Å². The van der Waals surface area contributed by atoms with Crippen molar-refractivity contribution < 1.29 is 14.3 Å². The molecule has 27 heavy (non-hydrogen) atoms. The summed E-state index contributed by atoms with van der Waals surface area (Å²) >= 11 is 1.46. The summed E-state index contributed by atoms with van der Waals surface area (Å²) in [5.41, 5.74) is 0.806. The van der Waals surface area contributed by atoms with Gasteiger partial charge in [0.2, 0.25) is 0 Å². The standard InChI is InChI=1S/C20H22N2O4S/c1-3-16(20(24)26-11-10-25-4-2)22-13-21-18-15(19(22)23)12-17(27-18)14-8-6-5-7-9-14/h5-9,12-13,16H,3-4,10-11H2,1-2H3/t16-/m0/s1. The normalized spacial score (nSPS) is 12.2. The van der Waals surface area contributed by atoms with Crippen molar-refractivity contribution in [2.75, 3.05) is 19.8 Å². The number of benzene rings is 1. The van der Waals surface area contributed by atoms with E-state index < -0.39 is 12.0 Å². The third-order valence-corrected chi connectivity index (χ3v) is 5.30. The van der Waals surface area contributed by atoms with Crippen LogP contribution in [0.5, 0.6) is 0 Å². The Morgan fingerprint density at radius 3 is 2.70 bits per heavy atom. The molecule has 2 heterocycles. The summed E-state index contributed by atoms with van der Waals surface area (Å²) in [5, 5.41) is 0.516. The predicted molar refractivity (Wildman–Crippen MR) is 106 cm³/mol. The van der Waals surface area contributed by atoms with Gasteiger partial charge < -0.3 is 9.47 Å². The summed E-state index contributed by atoms with van der Waals surface area (Å²) < 4.78 is 11.8. The molecule has 0 aliphatic heterocycles. The summed E-state index contributed by atoms with van der Waals surface area (Å²) in [7, 11) is 0. The number of carbonyl (C=O) groups is 1. The van der Waals surface area contributed by atoms with Crippen LogP contribution in [0.15, 0.2) is 47.5 Å². The van der Waals surface area contributed by atoms with Crippen molar-refractivity contribution in [1.29, 1.82) is 0 Å². The molecule has 0 aliphatic rings. The van der Waals surface area contributed by atoms with E-state index in [1.54, 1.807) is 0 Å². The molecule has 0 aliphatic carbocycles. The highest BCUT2D eigenvalue weighted by molar-refractivity contribution is 7.21. The first-order valence-electron chi connectivity index (χ1n) is 8.96. The van der Waals surface area contributed by atoms with Crippen LogP contribution in [-0.4, -0.2) is 35.3 Å². The van der Waals surface area contributed by atoms with Gasteiger partial charge in [-0.25, -0.2) is 9.78 Å². The number of aromatic nitrogens is 2. The summed E-state index contributed by atoms with van der Waals surface area (Å²) in [6, 6.07) is 11.0. The van der Waals surface area contributed by atoms with E-state index in [1.165, 1.54) is 22.2 Å². The molecule has 0 bridgehead atoms. The molecule has 3 rings (SSSR count). The third-order valence-electron chi connectivity index (χ3n) is 4.21. The zero-order valence-electron chi connectivity index (χ0n) is 15.4. The third kappa shape index (κ3) is 4.26. The van der Waals surface area contributed by atoms with Crippen LogP contribution in [0.25, 0.3) is 20.7 Å². The van der Waals surface area contributed by atoms with Gasteiger partial charge in [0, 0.05) is 11.5 Å². The fraction of sp³-hybridized carbons (Fsp3) is 0.350. The Bertz CT molecular complexity index is 965. The van der Waals surface area contributed by atoms with Gasteiger partial charge in [-0.1, -0.05) is 37.3 Å². The Kier molecular flexibility index (Phi) is 6.36. The molecule has 7 heteroatoms. The highest BCUT2D eigenvalue weighted by atomic mass is 32.1. The highest BCUT2D eigenvalue weighted by Gasteiger charge is 2.23. The van der Waals surface area contributed by atoms with Crippen LogP contribution in [0, 0.1) is 0 Å². The molecule has 1 atom stereocenters. The smallest absolute Gasteiger partial charge is 0.329 e. The molecular formula is C20H22N2O4S. The summed E-state index contributed by atoms with van der Waals surface area (Å²) in [5.74, 6) is -0.445. The number of esters is 1. The fourth-order valence-corrected chi connectivity index (χ4v) is 3.82. The average molecular weight is 386 g/mol. The number of carbonyl (C=O) groups excluding carboxylic acids is 1. The minimum Gasteiger partial charge on any atom is -0.462 e. The van der Waals surface area contributed by atoms with Crippen molar-refractivity contribution in [1.82, 2.24) is 9.55 Å². The molecule has 2 aromatic heterocycles. The molecule has 0 amide bonds. The first-order chi connectivity index (χ1) is 13.2. The first kappa shape index (κ1) is 19.3. The fourth-order valence-electron chi connectivity index (χ4n) is 2.82. The maximum absolute atomic E-state index is 13.0. The highest BCUT2D eigenvalue weighted by Crippen LogP contribution is 2.30. The Morgan fingerprint density at radius 1 is 1.22 bits per heavy atom. The molecule has 0 saturated heterocycles. The molecule has 1 aromatic carbocycles. The van der Waals surface area contributed by atoms with Crippen molar-refractivity contribution in [3.63, 3.8) is 0 Å². The van der Waals surface area contributed by atoms with Crippen molar-refractivity contribution in [3.8, 4) is 10.4 Å². The minimum atomic E-state index is -0.698. The lowest BCUT2D eigenvalue weighted by molar-refractivity contribution is -0.149. The van der Waals surface area contributed by atoms with Gasteiger partial charge in [-0.3, -0.25) is 9.36 Å². The maximum Gasteiger partial charge on any atom is 0.329 e. The number of ether oxygens (including phenoxy) is 2. The number of thiophene rings is 1. The molecule has 6 nitrogen and oxygen atoms in total.